The average Bonchev–Trinajstić information content (AvgIpc) is 2.01. The van der Waals surface area contributed by atoms with Crippen molar-refractivity contribution in [2.75, 3.05) is 0 Å². The number of benzene rings is 1. The van der Waals surface area contributed by atoms with Crippen LogP contribution in [0.4, 0.5) is 4.39 Å². The summed E-state index contributed by atoms with van der Waals surface area (Å²) in [6.07, 6.45) is 2.44. The van der Waals surface area contributed by atoms with Crippen molar-refractivity contribution in [2.45, 2.75) is 38.7 Å². The Labute approximate surface area is 84.6 Å². The monoisotopic (exact) mass is 196 g/mol. The molecule has 0 radical (unpaired) electrons. The quantitative estimate of drug-likeness (QED) is 0.785. The van der Waals surface area contributed by atoms with Gasteiger partial charge in [0.2, 0.25) is 0 Å². The van der Waals surface area contributed by atoms with Crippen molar-refractivity contribution in [1.29, 1.82) is 0 Å². The van der Waals surface area contributed by atoms with E-state index in [2.05, 4.69) is 0 Å². The minimum atomic E-state index is -0.618. The molecule has 0 aliphatic rings. The Kier molecular flexibility index (Phi) is 3.64. The maximum atomic E-state index is 12.8. The van der Waals surface area contributed by atoms with Gasteiger partial charge in [-0.25, -0.2) is 4.39 Å². The van der Waals surface area contributed by atoms with E-state index >= 15 is 0 Å². The number of rotatable bonds is 4. The van der Waals surface area contributed by atoms with E-state index in [-0.39, 0.29) is 5.82 Å². The summed E-state index contributed by atoms with van der Waals surface area (Å²) in [7, 11) is 0. The van der Waals surface area contributed by atoms with Gasteiger partial charge in [-0.1, -0.05) is 12.1 Å². The predicted molar refractivity (Wildman–Crippen MR) is 55.6 cm³/mol. The number of hydrogen-bond donors (Lipinski definition) is 1. The lowest BCUT2D eigenvalue weighted by molar-refractivity contribution is 0.0689. The van der Waals surface area contributed by atoms with E-state index in [1.807, 2.05) is 6.07 Å². The van der Waals surface area contributed by atoms with Crippen molar-refractivity contribution in [3.63, 3.8) is 0 Å². The third-order valence-electron chi connectivity index (χ3n) is 2.14. The summed E-state index contributed by atoms with van der Waals surface area (Å²) in [5, 5.41) is 9.48. The smallest absolute Gasteiger partial charge is 0.123 e. The second-order valence-corrected chi connectivity index (χ2v) is 4.30. The van der Waals surface area contributed by atoms with Crippen molar-refractivity contribution >= 4 is 0 Å². The molecule has 0 fully saturated rings. The molecule has 1 rings (SSSR count). The lowest BCUT2D eigenvalue weighted by atomic mass is 9.99. The Balaban J connectivity index is 2.39. The number of aliphatic hydroxyl groups is 1. The minimum absolute atomic E-state index is 0.189. The minimum Gasteiger partial charge on any atom is -0.390 e. The first-order chi connectivity index (χ1) is 6.47. The molecule has 0 atom stereocenters. The van der Waals surface area contributed by atoms with Crippen LogP contribution in [0.15, 0.2) is 24.3 Å². The molecule has 1 aromatic rings. The van der Waals surface area contributed by atoms with Gasteiger partial charge >= 0.3 is 0 Å². The van der Waals surface area contributed by atoms with Crippen LogP contribution in [0.1, 0.15) is 32.3 Å². The lowest BCUT2D eigenvalue weighted by Gasteiger charge is -2.16. The number of halogens is 1. The van der Waals surface area contributed by atoms with Crippen LogP contribution in [-0.4, -0.2) is 10.7 Å². The first-order valence-electron chi connectivity index (χ1n) is 4.94. The molecule has 0 spiro atoms. The van der Waals surface area contributed by atoms with Crippen molar-refractivity contribution in [3.8, 4) is 0 Å². The molecule has 78 valence electrons. The Hall–Kier alpha value is -0.890. The zero-order chi connectivity index (χ0) is 10.6. The highest BCUT2D eigenvalue weighted by Gasteiger charge is 2.11. The van der Waals surface area contributed by atoms with Gasteiger partial charge in [0.1, 0.15) is 5.82 Å². The summed E-state index contributed by atoms with van der Waals surface area (Å²) in [6, 6.07) is 6.62. The molecule has 0 saturated heterocycles. The van der Waals surface area contributed by atoms with Gasteiger partial charge in [0, 0.05) is 0 Å². The second-order valence-electron chi connectivity index (χ2n) is 4.30. The average molecular weight is 196 g/mol. The summed E-state index contributed by atoms with van der Waals surface area (Å²) in [5.74, 6) is -0.189. The Morgan fingerprint density at radius 3 is 2.64 bits per heavy atom. The predicted octanol–water partition coefficient (Wildman–Crippen LogP) is 2.92. The Bertz CT molecular complexity index is 289. The van der Waals surface area contributed by atoms with Gasteiger partial charge in [-0.05, 0) is 50.8 Å². The topological polar surface area (TPSA) is 20.2 Å². The molecule has 0 amide bonds. The number of aryl methyl sites for hydroxylation is 1. The highest BCUT2D eigenvalue weighted by molar-refractivity contribution is 5.16. The first-order valence-corrected chi connectivity index (χ1v) is 4.94. The van der Waals surface area contributed by atoms with E-state index in [1.54, 1.807) is 26.0 Å². The van der Waals surface area contributed by atoms with Crippen LogP contribution in [0, 0.1) is 5.82 Å². The van der Waals surface area contributed by atoms with Crippen LogP contribution < -0.4 is 0 Å². The highest BCUT2D eigenvalue weighted by Crippen LogP contribution is 2.14. The summed E-state index contributed by atoms with van der Waals surface area (Å²) in [6.45, 7) is 3.58. The van der Waals surface area contributed by atoms with Gasteiger partial charge in [-0.2, -0.15) is 0 Å². The fourth-order valence-electron chi connectivity index (χ4n) is 1.42. The molecule has 14 heavy (non-hydrogen) atoms. The van der Waals surface area contributed by atoms with Gasteiger partial charge in [0.05, 0.1) is 5.60 Å². The van der Waals surface area contributed by atoms with E-state index in [9.17, 15) is 9.50 Å². The van der Waals surface area contributed by atoms with E-state index < -0.39 is 5.60 Å². The highest BCUT2D eigenvalue weighted by atomic mass is 19.1. The largest absolute Gasteiger partial charge is 0.390 e. The van der Waals surface area contributed by atoms with Gasteiger partial charge in [0.15, 0.2) is 0 Å². The molecule has 0 unspecified atom stereocenters. The van der Waals surface area contributed by atoms with Crippen molar-refractivity contribution in [3.05, 3.63) is 35.6 Å². The molecular formula is C12H17FO. The third-order valence-corrected chi connectivity index (χ3v) is 2.14. The maximum Gasteiger partial charge on any atom is 0.123 e. The molecule has 2 heteroatoms. The SMILES string of the molecule is CC(C)(O)CCCc1cccc(F)c1. The van der Waals surface area contributed by atoms with Crippen molar-refractivity contribution in [1.82, 2.24) is 0 Å². The van der Waals surface area contributed by atoms with Gasteiger partial charge in [-0.3, -0.25) is 0 Å². The molecule has 0 bridgehead atoms. The standard InChI is InChI=1S/C12H17FO/c1-12(2,14)8-4-6-10-5-3-7-11(13)9-10/h3,5,7,9,14H,4,6,8H2,1-2H3. The van der Waals surface area contributed by atoms with Crippen LogP contribution in [0.25, 0.3) is 0 Å². The summed E-state index contributed by atoms with van der Waals surface area (Å²) in [5.41, 5.74) is 0.377. The Morgan fingerprint density at radius 2 is 2.07 bits per heavy atom. The van der Waals surface area contributed by atoms with Crippen LogP contribution in [-0.2, 0) is 6.42 Å². The normalized spacial score (nSPS) is 11.7. The van der Waals surface area contributed by atoms with Gasteiger partial charge < -0.3 is 5.11 Å². The van der Waals surface area contributed by atoms with Crippen LogP contribution in [0.3, 0.4) is 0 Å². The van der Waals surface area contributed by atoms with Crippen LogP contribution >= 0.6 is 0 Å². The fraction of sp³-hybridized carbons (Fsp3) is 0.500. The molecule has 0 saturated carbocycles. The molecule has 1 N–H and O–H groups in total. The van der Waals surface area contributed by atoms with E-state index in [0.717, 1.165) is 24.8 Å². The second kappa shape index (κ2) is 4.56. The summed E-state index contributed by atoms with van der Waals surface area (Å²) >= 11 is 0. The van der Waals surface area contributed by atoms with E-state index in [1.165, 1.54) is 6.07 Å². The summed E-state index contributed by atoms with van der Waals surface area (Å²) < 4.78 is 12.8. The molecule has 0 aromatic heterocycles. The third kappa shape index (κ3) is 4.38. The van der Waals surface area contributed by atoms with Gasteiger partial charge in [0.25, 0.3) is 0 Å². The molecule has 0 aliphatic carbocycles. The lowest BCUT2D eigenvalue weighted by Crippen LogP contribution is -2.18. The zero-order valence-electron chi connectivity index (χ0n) is 8.76. The molecular weight excluding hydrogens is 179 g/mol. The molecule has 1 aromatic carbocycles. The zero-order valence-corrected chi connectivity index (χ0v) is 8.76. The molecule has 0 heterocycles. The fourth-order valence-corrected chi connectivity index (χ4v) is 1.42. The number of hydrogen-bond acceptors (Lipinski definition) is 1. The van der Waals surface area contributed by atoms with Crippen molar-refractivity contribution < 1.29 is 9.50 Å². The Morgan fingerprint density at radius 1 is 1.36 bits per heavy atom. The molecule has 0 aliphatic heterocycles. The maximum absolute atomic E-state index is 12.8. The first kappa shape index (κ1) is 11.2. The van der Waals surface area contributed by atoms with Crippen molar-refractivity contribution in [2.24, 2.45) is 0 Å². The molecule has 1 nitrogen and oxygen atoms in total. The van der Waals surface area contributed by atoms with Crippen LogP contribution in [0.5, 0.6) is 0 Å². The van der Waals surface area contributed by atoms with E-state index in [4.69, 9.17) is 0 Å². The van der Waals surface area contributed by atoms with Crippen LogP contribution in [0.2, 0.25) is 0 Å². The summed E-state index contributed by atoms with van der Waals surface area (Å²) in [4.78, 5) is 0. The van der Waals surface area contributed by atoms with E-state index in [0.29, 0.717) is 0 Å². The van der Waals surface area contributed by atoms with Gasteiger partial charge in [-0.15, -0.1) is 0 Å².